The number of hydrogen-bond donors (Lipinski definition) is 2. The first-order chi connectivity index (χ1) is 17.3. The highest BCUT2D eigenvalue weighted by atomic mass is 16.5. The lowest BCUT2D eigenvalue weighted by Gasteiger charge is -2.09. The predicted molar refractivity (Wildman–Crippen MR) is 142 cm³/mol. The molecule has 2 atom stereocenters. The summed E-state index contributed by atoms with van der Waals surface area (Å²) in [6.45, 7) is 2.21. The van der Waals surface area contributed by atoms with Crippen LogP contribution in [0.15, 0.2) is 109 Å². The van der Waals surface area contributed by atoms with Crippen LogP contribution in [0.25, 0.3) is 11.1 Å². The molecule has 1 amide bonds. The Morgan fingerprint density at radius 3 is 2.14 bits per heavy atom. The van der Waals surface area contributed by atoms with Crippen molar-refractivity contribution in [1.29, 1.82) is 0 Å². The second-order valence-corrected chi connectivity index (χ2v) is 8.96. The molecule has 4 aromatic rings. The Morgan fingerprint density at radius 2 is 1.43 bits per heavy atom. The zero-order valence-electron chi connectivity index (χ0n) is 19.7. The van der Waals surface area contributed by atoms with Gasteiger partial charge in [-0.15, -0.1) is 0 Å². The molecule has 4 aromatic carbocycles. The summed E-state index contributed by atoms with van der Waals surface area (Å²) in [5.74, 6) is 0.429. The largest absolute Gasteiger partial charge is 0.375 e. The van der Waals surface area contributed by atoms with E-state index in [9.17, 15) is 4.79 Å². The van der Waals surface area contributed by atoms with Gasteiger partial charge < -0.3 is 15.4 Å². The first-order valence-corrected chi connectivity index (χ1v) is 12.2. The summed E-state index contributed by atoms with van der Waals surface area (Å²) >= 11 is 0. The van der Waals surface area contributed by atoms with E-state index in [1.54, 1.807) is 0 Å². The molecule has 0 bridgehead atoms. The SMILES string of the molecule is O=C(Nc1ccc(C2CC2NCCOCc2ccccc2)cc1)c1ccc(-c2ccccc2)cc1. The summed E-state index contributed by atoms with van der Waals surface area (Å²) in [6.07, 6.45) is 1.14. The van der Waals surface area contributed by atoms with E-state index in [1.807, 2.05) is 72.8 Å². The standard InChI is InChI=1S/C31H30N2O2/c34-31(27-13-11-25(12-14-27)24-9-5-2-6-10-24)33-28-17-15-26(16-18-28)29-21-30(29)32-19-20-35-22-23-7-3-1-4-8-23/h1-18,29-30,32H,19-22H2,(H,33,34). The van der Waals surface area contributed by atoms with Crippen molar-refractivity contribution in [2.24, 2.45) is 0 Å². The molecule has 0 aromatic heterocycles. The lowest BCUT2D eigenvalue weighted by atomic mass is 10.0. The van der Waals surface area contributed by atoms with Gasteiger partial charge in [-0.3, -0.25) is 4.79 Å². The molecular weight excluding hydrogens is 432 g/mol. The van der Waals surface area contributed by atoms with E-state index in [1.165, 1.54) is 11.1 Å². The zero-order valence-corrected chi connectivity index (χ0v) is 19.7. The van der Waals surface area contributed by atoms with Crippen molar-refractivity contribution >= 4 is 11.6 Å². The van der Waals surface area contributed by atoms with Gasteiger partial charge in [0.1, 0.15) is 0 Å². The molecule has 1 aliphatic rings. The van der Waals surface area contributed by atoms with Crippen LogP contribution >= 0.6 is 0 Å². The molecule has 0 heterocycles. The summed E-state index contributed by atoms with van der Waals surface area (Å²) in [4.78, 5) is 12.7. The Hall–Kier alpha value is -3.73. The Kier molecular flexibility index (Phi) is 7.32. The molecule has 2 unspecified atom stereocenters. The summed E-state index contributed by atoms with van der Waals surface area (Å²) in [5, 5.41) is 6.59. The smallest absolute Gasteiger partial charge is 0.255 e. The Morgan fingerprint density at radius 1 is 0.771 bits per heavy atom. The third kappa shape index (κ3) is 6.24. The summed E-state index contributed by atoms with van der Waals surface area (Å²) < 4.78 is 5.75. The van der Waals surface area contributed by atoms with Gasteiger partial charge in [0.25, 0.3) is 5.91 Å². The van der Waals surface area contributed by atoms with E-state index in [0.717, 1.165) is 29.8 Å². The molecule has 1 fully saturated rings. The summed E-state index contributed by atoms with van der Waals surface area (Å²) in [5.41, 5.74) is 6.20. The van der Waals surface area contributed by atoms with Crippen molar-refractivity contribution in [1.82, 2.24) is 5.32 Å². The first kappa shape index (κ1) is 23.0. The van der Waals surface area contributed by atoms with Crippen LogP contribution in [-0.2, 0) is 11.3 Å². The molecule has 4 heteroatoms. The van der Waals surface area contributed by atoms with Crippen LogP contribution in [0.1, 0.15) is 33.8 Å². The van der Waals surface area contributed by atoms with E-state index in [-0.39, 0.29) is 5.91 Å². The number of nitrogens with one attached hydrogen (secondary N) is 2. The molecule has 0 spiro atoms. The topological polar surface area (TPSA) is 50.4 Å². The fourth-order valence-electron chi connectivity index (χ4n) is 4.33. The van der Waals surface area contributed by atoms with Gasteiger partial charge >= 0.3 is 0 Å². The van der Waals surface area contributed by atoms with Crippen molar-refractivity contribution in [3.8, 4) is 11.1 Å². The van der Waals surface area contributed by atoms with Crippen LogP contribution in [0, 0.1) is 0 Å². The van der Waals surface area contributed by atoms with Crippen LogP contribution in [-0.4, -0.2) is 25.1 Å². The van der Waals surface area contributed by atoms with Gasteiger partial charge in [0.15, 0.2) is 0 Å². The molecule has 2 N–H and O–H groups in total. The minimum atomic E-state index is -0.0983. The van der Waals surface area contributed by atoms with Crippen molar-refractivity contribution in [2.75, 3.05) is 18.5 Å². The molecule has 0 radical (unpaired) electrons. The maximum atomic E-state index is 12.7. The second-order valence-electron chi connectivity index (χ2n) is 8.96. The highest BCUT2D eigenvalue weighted by molar-refractivity contribution is 6.04. The van der Waals surface area contributed by atoms with E-state index in [0.29, 0.717) is 30.7 Å². The molecule has 0 aliphatic heterocycles. The average Bonchev–Trinajstić information content (AvgIpc) is 3.70. The Labute approximate surface area is 207 Å². The van der Waals surface area contributed by atoms with Gasteiger partial charge in [0.05, 0.1) is 13.2 Å². The molecule has 176 valence electrons. The van der Waals surface area contributed by atoms with Crippen LogP contribution in [0.2, 0.25) is 0 Å². The maximum Gasteiger partial charge on any atom is 0.255 e. The van der Waals surface area contributed by atoms with Crippen LogP contribution in [0.4, 0.5) is 5.69 Å². The minimum absolute atomic E-state index is 0.0983. The number of anilines is 1. The predicted octanol–water partition coefficient (Wildman–Crippen LogP) is 6.27. The van der Waals surface area contributed by atoms with Gasteiger partial charge in [-0.25, -0.2) is 0 Å². The molecular formula is C31H30N2O2. The van der Waals surface area contributed by atoms with Crippen LogP contribution in [0.3, 0.4) is 0 Å². The Balaban J connectivity index is 1.05. The van der Waals surface area contributed by atoms with Crippen molar-refractivity contribution < 1.29 is 9.53 Å². The fourth-order valence-corrected chi connectivity index (χ4v) is 4.33. The third-order valence-corrected chi connectivity index (χ3v) is 6.41. The molecule has 1 aliphatic carbocycles. The second kappa shape index (κ2) is 11.1. The van der Waals surface area contributed by atoms with E-state index < -0.39 is 0 Å². The maximum absolute atomic E-state index is 12.7. The number of benzene rings is 4. The van der Waals surface area contributed by atoms with Crippen LogP contribution < -0.4 is 10.6 Å². The van der Waals surface area contributed by atoms with Crippen molar-refractivity contribution in [2.45, 2.75) is 25.0 Å². The number of carbonyl (C=O) groups is 1. The average molecular weight is 463 g/mol. The third-order valence-electron chi connectivity index (χ3n) is 6.41. The highest BCUT2D eigenvalue weighted by Crippen LogP contribution is 2.41. The quantitative estimate of drug-likeness (QED) is 0.273. The fraction of sp³-hybridized carbons (Fsp3) is 0.194. The van der Waals surface area contributed by atoms with Crippen molar-refractivity contribution in [3.63, 3.8) is 0 Å². The molecule has 1 saturated carbocycles. The van der Waals surface area contributed by atoms with Gasteiger partial charge in [0.2, 0.25) is 0 Å². The molecule has 5 rings (SSSR count). The minimum Gasteiger partial charge on any atom is -0.375 e. The number of ether oxygens (including phenoxy) is 1. The van der Waals surface area contributed by atoms with Crippen molar-refractivity contribution in [3.05, 3.63) is 126 Å². The van der Waals surface area contributed by atoms with E-state index >= 15 is 0 Å². The highest BCUT2D eigenvalue weighted by Gasteiger charge is 2.37. The lowest BCUT2D eigenvalue weighted by molar-refractivity contribution is 0.102. The first-order valence-electron chi connectivity index (χ1n) is 12.2. The summed E-state index contributed by atoms with van der Waals surface area (Å²) in [7, 11) is 0. The number of rotatable bonds is 10. The number of carbonyl (C=O) groups excluding carboxylic acids is 1. The lowest BCUT2D eigenvalue weighted by Crippen LogP contribution is -2.23. The van der Waals surface area contributed by atoms with E-state index in [2.05, 4.69) is 47.0 Å². The zero-order chi connectivity index (χ0) is 23.9. The monoisotopic (exact) mass is 462 g/mol. The van der Waals surface area contributed by atoms with Gasteiger partial charge in [-0.1, -0.05) is 84.9 Å². The molecule has 4 nitrogen and oxygen atoms in total. The van der Waals surface area contributed by atoms with Gasteiger partial charge in [-0.2, -0.15) is 0 Å². The Bertz CT molecular complexity index is 1220. The molecule has 35 heavy (non-hydrogen) atoms. The summed E-state index contributed by atoms with van der Waals surface area (Å²) in [6, 6.07) is 36.8. The number of hydrogen-bond acceptors (Lipinski definition) is 3. The van der Waals surface area contributed by atoms with Gasteiger partial charge in [-0.05, 0) is 52.9 Å². The molecule has 0 saturated heterocycles. The van der Waals surface area contributed by atoms with E-state index in [4.69, 9.17) is 4.74 Å². The van der Waals surface area contributed by atoms with Gasteiger partial charge in [0, 0.05) is 29.8 Å². The normalized spacial score (nSPS) is 16.6. The number of amides is 1. The van der Waals surface area contributed by atoms with Crippen LogP contribution in [0.5, 0.6) is 0 Å².